The van der Waals surface area contributed by atoms with Gasteiger partial charge in [-0.3, -0.25) is 4.79 Å². The van der Waals surface area contributed by atoms with Crippen LogP contribution in [0.4, 0.5) is 26.3 Å². The SMILES string of the molecule is O=C(O)CC(Sc1ccc(-c2nc(C(Cl)(Cl)Cl)nc(C(Cl)(Cl)Cl)n2)cc1)C(C(F)(F)F)C(F)(F)F. The van der Waals surface area contributed by atoms with E-state index in [0.29, 0.717) is 0 Å². The van der Waals surface area contributed by atoms with Crippen molar-refractivity contribution in [2.75, 3.05) is 0 Å². The fraction of sp³-hybridized carbons (Fsp3) is 0.412. The van der Waals surface area contributed by atoms with Crippen LogP contribution in [0.25, 0.3) is 11.4 Å². The Kier molecular flexibility index (Phi) is 9.62. The van der Waals surface area contributed by atoms with E-state index in [0.717, 1.165) is 12.1 Å². The number of rotatable bonds is 6. The summed E-state index contributed by atoms with van der Waals surface area (Å²) in [5.74, 6) is -6.75. The number of thioether (sulfide) groups is 1. The standard InChI is InChI=1S/C17H9Cl6F6N3O2S/c18-14(19,20)12-30-11(31-13(32-12)15(21,22)23)6-1-3-7(4-2-6)35-8(5-9(33)34)10(16(24,25)26)17(27,28)29/h1-4,8,10H,5H2,(H,33,34). The second-order valence-electron chi connectivity index (χ2n) is 6.64. The van der Waals surface area contributed by atoms with Crippen molar-refractivity contribution in [1.29, 1.82) is 0 Å². The molecule has 1 unspecified atom stereocenters. The first kappa shape index (κ1) is 30.6. The highest BCUT2D eigenvalue weighted by Gasteiger charge is 2.60. The molecule has 5 nitrogen and oxygen atoms in total. The van der Waals surface area contributed by atoms with Crippen molar-refractivity contribution in [1.82, 2.24) is 15.0 Å². The van der Waals surface area contributed by atoms with Crippen LogP contribution < -0.4 is 0 Å². The van der Waals surface area contributed by atoms with Gasteiger partial charge in [0.1, 0.15) is 0 Å². The Labute approximate surface area is 227 Å². The fourth-order valence-corrected chi connectivity index (χ4v) is 4.44. The smallest absolute Gasteiger partial charge is 0.401 e. The lowest BCUT2D eigenvalue weighted by atomic mass is 10.0. The zero-order valence-electron chi connectivity index (χ0n) is 16.3. The molecule has 1 atom stereocenters. The first-order valence-electron chi connectivity index (χ1n) is 8.72. The van der Waals surface area contributed by atoms with Gasteiger partial charge in [-0.25, -0.2) is 15.0 Å². The summed E-state index contributed by atoms with van der Waals surface area (Å²) >= 11 is 34.8. The molecule has 0 saturated carbocycles. The summed E-state index contributed by atoms with van der Waals surface area (Å²) in [6, 6.07) is 4.70. The lowest BCUT2D eigenvalue weighted by molar-refractivity contribution is -0.283. The molecule has 1 aromatic carbocycles. The summed E-state index contributed by atoms with van der Waals surface area (Å²) in [6.07, 6.45) is -12.8. The molecule has 2 aromatic rings. The number of carboxylic acids is 1. The summed E-state index contributed by atoms with van der Waals surface area (Å²) < 4.78 is 74.6. The third-order valence-corrected chi connectivity index (χ3v) is 6.30. The van der Waals surface area contributed by atoms with Gasteiger partial charge in [0.2, 0.25) is 7.59 Å². The monoisotopic (exact) mass is 643 g/mol. The largest absolute Gasteiger partial charge is 0.481 e. The van der Waals surface area contributed by atoms with Gasteiger partial charge in [-0.05, 0) is 12.1 Å². The number of benzene rings is 1. The number of hydrogen-bond donors (Lipinski definition) is 1. The van der Waals surface area contributed by atoms with Crippen LogP contribution in [0.15, 0.2) is 29.2 Å². The molecule has 0 spiro atoms. The summed E-state index contributed by atoms with van der Waals surface area (Å²) in [7, 11) is 0. The molecule has 1 aromatic heterocycles. The van der Waals surface area contributed by atoms with Crippen LogP contribution in [0.3, 0.4) is 0 Å². The molecular weight excluding hydrogens is 637 g/mol. The van der Waals surface area contributed by atoms with Gasteiger partial charge in [0, 0.05) is 15.7 Å². The number of halogens is 12. The van der Waals surface area contributed by atoms with E-state index in [4.69, 9.17) is 74.7 Å². The highest BCUT2D eigenvalue weighted by molar-refractivity contribution is 8.00. The Morgan fingerprint density at radius 1 is 0.829 bits per heavy atom. The van der Waals surface area contributed by atoms with E-state index in [2.05, 4.69) is 15.0 Å². The van der Waals surface area contributed by atoms with Crippen molar-refractivity contribution in [2.24, 2.45) is 5.92 Å². The van der Waals surface area contributed by atoms with Crippen LogP contribution in [-0.2, 0) is 12.4 Å². The number of aliphatic carboxylic acids is 1. The summed E-state index contributed by atoms with van der Waals surface area (Å²) in [6.45, 7) is 0. The van der Waals surface area contributed by atoms with Crippen molar-refractivity contribution >= 4 is 87.3 Å². The predicted molar refractivity (Wildman–Crippen MR) is 121 cm³/mol. The van der Waals surface area contributed by atoms with E-state index in [1.165, 1.54) is 12.1 Å². The van der Waals surface area contributed by atoms with Crippen LogP contribution >= 0.6 is 81.4 Å². The number of carboxylic acid groups (broad SMARTS) is 1. The first-order valence-corrected chi connectivity index (χ1v) is 11.9. The minimum Gasteiger partial charge on any atom is -0.481 e. The van der Waals surface area contributed by atoms with Crippen LogP contribution in [0.1, 0.15) is 18.1 Å². The van der Waals surface area contributed by atoms with Gasteiger partial charge in [-0.1, -0.05) is 81.7 Å². The van der Waals surface area contributed by atoms with Gasteiger partial charge in [-0.15, -0.1) is 11.8 Å². The summed E-state index contributed by atoms with van der Waals surface area (Å²) in [5, 5.41) is 6.48. The van der Waals surface area contributed by atoms with E-state index in [1.54, 1.807) is 0 Å². The molecule has 0 fully saturated rings. The van der Waals surface area contributed by atoms with Gasteiger partial charge in [0.15, 0.2) is 23.4 Å². The molecule has 1 N–H and O–H groups in total. The number of carbonyl (C=O) groups is 1. The van der Waals surface area contributed by atoms with Crippen LogP contribution in [0, 0.1) is 5.92 Å². The van der Waals surface area contributed by atoms with Crippen LogP contribution in [0.2, 0.25) is 0 Å². The minimum absolute atomic E-state index is 0.0969. The van der Waals surface area contributed by atoms with Crippen molar-refractivity contribution in [3.05, 3.63) is 35.9 Å². The van der Waals surface area contributed by atoms with E-state index in [9.17, 15) is 31.1 Å². The number of nitrogens with zero attached hydrogens (tertiary/aromatic N) is 3. The number of aromatic nitrogens is 3. The van der Waals surface area contributed by atoms with Gasteiger partial charge in [0.25, 0.3) is 0 Å². The van der Waals surface area contributed by atoms with Crippen LogP contribution in [-0.4, -0.2) is 43.6 Å². The quantitative estimate of drug-likeness (QED) is 0.196. The number of hydrogen-bond acceptors (Lipinski definition) is 5. The van der Waals surface area contributed by atoms with Crippen LogP contribution in [0.5, 0.6) is 0 Å². The molecule has 0 bridgehead atoms. The van der Waals surface area contributed by atoms with Gasteiger partial charge in [0.05, 0.1) is 6.42 Å². The molecule has 0 saturated heterocycles. The first-order chi connectivity index (χ1) is 15.7. The van der Waals surface area contributed by atoms with Gasteiger partial charge in [-0.2, -0.15) is 26.3 Å². The maximum atomic E-state index is 13.2. The maximum Gasteiger partial charge on any atom is 0.401 e. The Hall–Kier alpha value is -0.630. The molecule has 0 aliphatic rings. The lowest BCUT2D eigenvalue weighted by Gasteiger charge is -2.29. The van der Waals surface area contributed by atoms with Crippen molar-refractivity contribution in [3.63, 3.8) is 0 Å². The molecule has 2 rings (SSSR count). The molecule has 18 heteroatoms. The normalized spacial score (nSPS) is 14.3. The third kappa shape index (κ3) is 8.72. The Bertz CT molecular complexity index is 1010. The topological polar surface area (TPSA) is 76.0 Å². The van der Waals surface area contributed by atoms with E-state index < -0.39 is 55.1 Å². The van der Waals surface area contributed by atoms with Gasteiger partial charge < -0.3 is 5.11 Å². The van der Waals surface area contributed by atoms with E-state index in [-0.39, 0.29) is 28.0 Å². The molecule has 194 valence electrons. The summed E-state index contributed by atoms with van der Waals surface area (Å²) in [4.78, 5) is 22.5. The molecule has 35 heavy (non-hydrogen) atoms. The van der Waals surface area contributed by atoms with Crippen molar-refractivity contribution in [3.8, 4) is 11.4 Å². The van der Waals surface area contributed by atoms with E-state index >= 15 is 0 Å². The van der Waals surface area contributed by atoms with Crippen molar-refractivity contribution < 1.29 is 36.2 Å². The summed E-state index contributed by atoms with van der Waals surface area (Å²) in [5.41, 5.74) is 0.140. The average molecular weight is 646 g/mol. The lowest BCUT2D eigenvalue weighted by Crippen LogP contribution is -2.44. The zero-order valence-corrected chi connectivity index (χ0v) is 21.7. The molecule has 1 heterocycles. The minimum atomic E-state index is -5.72. The fourth-order valence-electron chi connectivity index (χ4n) is 2.62. The molecule has 0 aliphatic carbocycles. The van der Waals surface area contributed by atoms with E-state index in [1.807, 2.05) is 0 Å². The highest BCUT2D eigenvalue weighted by atomic mass is 35.6. The molecule has 0 radical (unpaired) electrons. The molecular formula is C17H9Cl6F6N3O2S. The second kappa shape index (κ2) is 11.0. The van der Waals surface area contributed by atoms with Crippen molar-refractivity contribution in [2.45, 2.75) is 36.5 Å². The number of alkyl halides is 12. The predicted octanol–water partition coefficient (Wildman–Crippen LogP) is 7.87. The Morgan fingerprint density at radius 3 is 1.60 bits per heavy atom. The Balaban J connectivity index is 2.46. The average Bonchev–Trinajstić information content (AvgIpc) is 2.64. The zero-order chi connectivity index (χ0) is 27.0. The third-order valence-electron chi connectivity index (χ3n) is 4.00. The Morgan fingerprint density at radius 2 is 1.26 bits per heavy atom. The molecule has 0 amide bonds. The highest BCUT2D eigenvalue weighted by Crippen LogP contribution is 2.48. The molecule has 0 aliphatic heterocycles. The van der Waals surface area contributed by atoms with Gasteiger partial charge >= 0.3 is 18.3 Å². The second-order valence-corrected chi connectivity index (χ2v) is 12.5. The maximum absolute atomic E-state index is 13.2.